The van der Waals surface area contributed by atoms with Crippen LogP contribution in [0.5, 0.6) is 0 Å². The van der Waals surface area contributed by atoms with Crippen molar-refractivity contribution in [3.05, 3.63) is 6.07 Å². The first-order valence-corrected chi connectivity index (χ1v) is 7.30. The van der Waals surface area contributed by atoms with Gasteiger partial charge in [-0.05, 0) is 13.2 Å². The van der Waals surface area contributed by atoms with Crippen molar-refractivity contribution in [3.63, 3.8) is 0 Å². The highest BCUT2D eigenvalue weighted by Gasteiger charge is 2.14. The van der Waals surface area contributed by atoms with Crippen molar-refractivity contribution in [2.24, 2.45) is 0 Å². The number of anilines is 2. The molecule has 1 aromatic rings. The summed E-state index contributed by atoms with van der Waals surface area (Å²) in [7, 11) is 5.32. The molecular formula is C12H21N5OS. The standard InChI is InChI=1S/C12H21N5OS/c1-6-17(8-11(18)16(3)4)10-7-9(13-2)14-12(15-10)19-5/h7H,6,8H2,1-5H3,(H,13,14,15). The molecule has 7 heteroatoms. The van der Waals surface area contributed by atoms with Gasteiger partial charge in [0, 0.05) is 33.8 Å². The Bertz CT molecular complexity index is 416. The topological polar surface area (TPSA) is 61.4 Å². The zero-order valence-corrected chi connectivity index (χ0v) is 12.9. The molecular weight excluding hydrogens is 262 g/mol. The van der Waals surface area contributed by atoms with Crippen LogP contribution in [0.1, 0.15) is 6.92 Å². The van der Waals surface area contributed by atoms with Crippen molar-refractivity contribution in [2.75, 3.05) is 50.7 Å². The van der Waals surface area contributed by atoms with E-state index in [0.29, 0.717) is 18.2 Å². The number of rotatable bonds is 6. The third-order valence-corrected chi connectivity index (χ3v) is 3.21. The van der Waals surface area contributed by atoms with Crippen LogP contribution in [0.15, 0.2) is 11.2 Å². The molecule has 0 radical (unpaired) electrons. The van der Waals surface area contributed by atoms with Crippen molar-refractivity contribution < 1.29 is 4.79 Å². The Hall–Kier alpha value is -1.50. The molecule has 6 nitrogen and oxygen atoms in total. The molecule has 0 unspecified atom stereocenters. The van der Waals surface area contributed by atoms with Gasteiger partial charge in [-0.3, -0.25) is 4.79 Å². The van der Waals surface area contributed by atoms with E-state index >= 15 is 0 Å². The second-order valence-electron chi connectivity index (χ2n) is 4.15. The summed E-state index contributed by atoms with van der Waals surface area (Å²) in [6.07, 6.45) is 1.93. The monoisotopic (exact) mass is 283 g/mol. The van der Waals surface area contributed by atoms with Crippen molar-refractivity contribution in [1.29, 1.82) is 0 Å². The fourth-order valence-corrected chi connectivity index (χ4v) is 1.83. The average Bonchev–Trinajstić information content (AvgIpc) is 2.43. The second kappa shape index (κ2) is 7.18. The molecule has 0 spiro atoms. The molecule has 106 valence electrons. The van der Waals surface area contributed by atoms with Crippen LogP contribution in [0.3, 0.4) is 0 Å². The number of nitrogens with one attached hydrogen (secondary N) is 1. The number of hydrogen-bond acceptors (Lipinski definition) is 6. The van der Waals surface area contributed by atoms with Gasteiger partial charge < -0.3 is 15.1 Å². The molecule has 0 saturated carbocycles. The summed E-state index contributed by atoms with van der Waals surface area (Å²) in [6.45, 7) is 3.04. The van der Waals surface area contributed by atoms with Gasteiger partial charge in [0.15, 0.2) is 5.16 Å². The van der Waals surface area contributed by atoms with Gasteiger partial charge in [-0.15, -0.1) is 0 Å². The largest absolute Gasteiger partial charge is 0.373 e. The molecule has 0 aromatic carbocycles. The minimum atomic E-state index is 0.0529. The maximum Gasteiger partial charge on any atom is 0.241 e. The van der Waals surface area contributed by atoms with Crippen LogP contribution in [0.2, 0.25) is 0 Å². The van der Waals surface area contributed by atoms with E-state index in [4.69, 9.17) is 0 Å². The maximum atomic E-state index is 11.8. The summed E-state index contributed by atoms with van der Waals surface area (Å²) >= 11 is 1.48. The molecule has 0 bridgehead atoms. The summed E-state index contributed by atoms with van der Waals surface area (Å²) in [5.41, 5.74) is 0. The number of carbonyl (C=O) groups is 1. The Morgan fingerprint density at radius 1 is 1.42 bits per heavy atom. The molecule has 0 fully saturated rings. The summed E-state index contributed by atoms with van der Waals surface area (Å²) in [6, 6.07) is 1.85. The number of thioether (sulfide) groups is 1. The van der Waals surface area contributed by atoms with Crippen LogP contribution in [0.25, 0.3) is 0 Å². The third kappa shape index (κ3) is 4.27. The summed E-state index contributed by atoms with van der Waals surface area (Å²) in [5, 5.41) is 3.70. The number of carbonyl (C=O) groups excluding carboxylic acids is 1. The molecule has 0 aliphatic carbocycles. The average molecular weight is 283 g/mol. The van der Waals surface area contributed by atoms with Crippen molar-refractivity contribution in [2.45, 2.75) is 12.1 Å². The van der Waals surface area contributed by atoms with Crippen molar-refractivity contribution in [1.82, 2.24) is 14.9 Å². The van der Waals surface area contributed by atoms with E-state index in [2.05, 4.69) is 15.3 Å². The van der Waals surface area contributed by atoms with Gasteiger partial charge in [-0.2, -0.15) is 0 Å². The van der Waals surface area contributed by atoms with Crippen LogP contribution in [-0.2, 0) is 4.79 Å². The number of nitrogens with zero attached hydrogens (tertiary/aromatic N) is 4. The van der Waals surface area contributed by atoms with Crippen molar-refractivity contribution >= 4 is 29.3 Å². The lowest BCUT2D eigenvalue weighted by atomic mass is 10.4. The number of likely N-dealkylation sites (N-methyl/N-ethyl adjacent to an activating group) is 2. The van der Waals surface area contributed by atoms with E-state index in [1.807, 2.05) is 31.2 Å². The molecule has 0 aliphatic heterocycles. The minimum Gasteiger partial charge on any atom is -0.373 e. The van der Waals surface area contributed by atoms with Gasteiger partial charge in [0.2, 0.25) is 5.91 Å². The Morgan fingerprint density at radius 2 is 2.11 bits per heavy atom. The lowest BCUT2D eigenvalue weighted by molar-refractivity contribution is -0.127. The van der Waals surface area contributed by atoms with Gasteiger partial charge in [0.1, 0.15) is 11.6 Å². The second-order valence-corrected chi connectivity index (χ2v) is 4.92. The summed E-state index contributed by atoms with van der Waals surface area (Å²) < 4.78 is 0. The van der Waals surface area contributed by atoms with Crippen molar-refractivity contribution in [3.8, 4) is 0 Å². The van der Waals surface area contributed by atoms with Crippen LogP contribution in [-0.4, -0.2) is 61.3 Å². The highest BCUT2D eigenvalue weighted by atomic mass is 32.2. The third-order valence-electron chi connectivity index (χ3n) is 2.66. The van der Waals surface area contributed by atoms with E-state index in [-0.39, 0.29) is 5.91 Å². The molecule has 1 rings (SSSR count). The van der Waals surface area contributed by atoms with Gasteiger partial charge in [-0.1, -0.05) is 11.8 Å². The Kier molecular flexibility index (Phi) is 5.88. The Labute approximate surface area is 118 Å². The highest BCUT2D eigenvalue weighted by Crippen LogP contribution is 2.20. The molecule has 1 N–H and O–H groups in total. The lowest BCUT2D eigenvalue weighted by Crippen LogP contribution is -2.37. The summed E-state index contributed by atoms with van der Waals surface area (Å²) in [5.74, 6) is 1.57. The zero-order valence-electron chi connectivity index (χ0n) is 12.1. The van der Waals surface area contributed by atoms with Crippen LogP contribution in [0, 0.1) is 0 Å². The van der Waals surface area contributed by atoms with E-state index in [1.54, 1.807) is 19.0 Å². The van der Waals surface area contributed by atoms with E-state index in [0.717, 1.165) is 11.6 Å². The first-order chi connectivity index (χ1) is 9.01. The predicted molar refractivity (Wildman–Crippen MR) is 79.9 cm³/mol. The Morgan fingerprint density at radius 3 is 2.58 bits per heavy atom. The molecule has 1 heterocycles. The highest BCUT2D eigenvalue weighted by molar-refractivity contribution is 7.98. The van der Waals surface area contributed by atoms with Gasteiger partial charge >= 0.3 is 0 Å². The first-order valence-electron chi connectivity index (χ1n) is 6.07. The predicted octanol–water partition coefficient (Wildman–Crippen LogP) is 1.15. The van der Waals surface area contributed by atoms with Crippen LogP contribution >= 0.6 is 11.8 Å². The molecule has 0 aliphatic rings. The molecule has 1 aromatic heterocycles. The summed E-state index contributed by atoms with van der Waals surface area (Å²) in [4.78, 5) is 24.1. The van der Waals surface area contributed by atoms with Crippen LogP contribution < -0.4 is 10.2 Å². The number of amides is 1. The smallest absolute Gasteiger partial charge is 0.241 e. The normalized spacial score (nSPS) is 10.2. The Balaban J connectivity index is 3.00. The first kappa shape index (κ1) is 15.6. The molecule has 1 amide bonds. The maximum absolute atomic E-state index is 11.8. The van der Waals surface area contributed by atoms with E-state index in [1.165, 1.54) is 11.8 Å². The van der Waals surface area contributed by atoms with E-state index < -0.39 is 0 Å². The zero-order chi connectivity index (χ0) is 14.4. The van der Waals surface area contributed by atoms with Gasteiger partial charge in [0.25, 0.3) is 0 Å². The molecule has 0 saturated heterocycles. The number of aromatic nitrogens is 2. The SMILES string of the molecule is CCN(CC(=O)N(C)C)c1cc(NC)nc(SC)n1. The molecule has 19 heavy (non-hydrogen) atoms. The quantitative estimate of drug-likeness (QED) is 0.624. The van der Waals surface area contributed by atoms with Crippen LogP contribution in [0.4, 0.5) is 11.6 Å². The molecule has 0 atom stereocenters. The fourth-order valence-electron chi connectivity index (χ4n) is 1.45. The van der Waals surface area contributed by atoms with Gasteiger partial charge in [0.05, 0.1) is 6.54 Å². The lowest BCUT2D eigenvalue weighted by Gasteiger charge is -2.23. The fraction of sp³-hybridized carbons (Fsp3) is 0.583. The van der Waals surface area contributed by atoms with Gasteiger partial charge in [-0.25, -0.2) is 9.97 Å². The minimum absolute atomic E-state index is 0.0529. The van der Waals surface area contributed by atoms with E-state index in [9.17, 15) is 4.79 Å². The number of hydrogen-bond donors (Lipinski definition) is 1.